The van der Waals surface area contributed by atoms with Crippen molar-refractivity contribution in [1.82, 2.24) is 15.4 Å². The van der Waals surface area contributed by atoms with Crippen molar-refractivity contribution in [1.29, 1.82) is 0 Å². The Hall–Kier alpha value is 0.0748. The van der Waals surface area contributed by atoms with Gasteiger partial charge in [-0.3, -0.25) is 0 Å². The van der Waals surface area contributed by atoms with Crippen LogP contribution in [0.25, 0.3) is 0 Å². The third-order valence-electron chi connectivity index (χ3n) is 4.24. The minimum absolute atomic E-state index is 0.389. The summed E-state index contributed by atoms with van der Waals surface area (Å²) in [6.07, 6.45) is 10.6. The van der Waals surface area contributed by atoms with E-state index in [1.807, 2.05) is 15.1 Å². The molecular weight excluding hydrogens is 219 g/mol. The molecule has 0 unspecified atom stereocenters. The van der Waals surface area contributed by atoms with Gasteiger partial charge in [0.1, 0.15) is 0 Å². The minimum Gasteiger partial charge on any atom is -0.379 e. The molecule has 1 fully saturated rings. The molecule has 1 rings (SSSR count). The van der Waals surface area contributed by atoms with Gasteiger partial charge in [-0.25, -0.2) is 0 Å². The lowest BCUT2D eigenvalue weighted by molar-refractivity contribution is 0.243. The Morgan fingerprint density at radius 2 is 1.50 bits per heavy atom. The number of hydrogen-bond acceptors (Lipinski definition) is 3. The van der Waals surface area contributed by atoms with Gasteiger partial charge in [0, 0.05) is 0 Å². The molecule has 0 aromatic rings. The van der Waals surface area contributed by atoms with E-state index in [4.69, 9.17) is 0 Å². The van der Waals surface area contributed by atoms with Crippen LogP contribution in [0.15, 0.2) is 0 Å². The molecule has 1 heterocycles. The second-order valence-electron chi connectivity index (χ2n) is 5.61. The fourth-order valence-electron chi connectivity index (χ4n) is 2.87. The van der Waals surface area contributed by atoms with Crippen LogP contribution >= 0.6 is 0 Å². The van der Waals surface area contributed by atoms with Crippen molar-refractivity contribution in [3.8, 4) is 0 Å². The third-order valence-corrected chi connectivity index (χ3v) is 4.24. The van der Waals surface area contributed by atoms with Crippen LogP contribution in [0, 0.1) is 5.41 Å². The van der Waals surface area contributed by atoms with Crippen molar-refractivity contribution in [2.75, 3.05) is 0 Å². The standard InChI is InChI=1S/C12H28B3N3/c1-4-7-9-12(6-3,10-8-5-2)11-15-17-13-16-14-18-15/h16-18H,4-11H2,1-3H3. The molecule has 1 aliphatic rings. The first kappa shape index (κ1) is 16.1. The van der Waals surface area contributed by atoms with Crippen LogP contribution in [0.1, 0.15) is 65.7 Å². The topological polar surface area (TPSA) is 36.1 Å². The van der Waals surface area contributed by atoms with Crippen molar-refractivity contribution < 1.29 is 0 Å². The highest BCUT2D eigenvalue weighted by molar-refractivity contribution is 6.75. The zero-order chi connectivity index (χ0) is 13.3. The molecule has 1 saturated heterocycles. The molecule has 0 spiro atoms. The summed E-state index contributed by atoms with van der Waals surface area (Å²) in [5.41, 5.74) is 0.510. The molecule has 0 amide bonds. The van der Waals surface area contributed by atoms with E-state index in [0.29, 0.717) is 12.4 Å². The van der Waals surface area contributed by atoms with E-state index < -0.39 is 0 Å². The van der Waals surface area contributed by atoms with Gasteiger partial charge in [0.2, 0.25) is 0 Å². The molecule has 0 aromatic heterocycles. The number of hydrogen-bond donors (Lipinski definition) is 3. The SMILES string of the molecule is CCCCC(CC)(CCCC)CB1N[B]N[B]N1. The van der Waals surface area contributed by atoms with Crippen LogP contribution in [0.5, 0.6) is 0 Å². The maximum Gasteiger partial charge on any atom is 0.284 e. The molecule has 1 aliphatic heterocycles. The van der Waals surface area contributed by atoms with Gasteiger partial charge < -0.3 is 15.4 Å². The summed E-state index contributed by atoms with van der Waals surface area (Å²) in [4.78, 5) is 0. The number of rotatable bonds is 9. The Morgan fingerprint density at radius 3 is 1.94 bits per heavy atom. The van der Waals surface area contributed by atoms with E-state index >= 15 is 0 Å². The first-order valence-electron chi connectivity index (χ1n) is 7.68. The lowest BCUT2D eigenvalue weighted by atomic mass is 9.53. The fraction of sp³-hybridized carbons (Fsp3) is 1.00. The number of unbranched alkanes of at least 4 members (excludes halogenated alkanes) is 2. The fourth-order valence-corrected chi connectivity index (χ4v) is 2.87. The Bertz CT molecular complexity index is 203. The van der Waals surface area contributed by atoms with Crippen LogP contribution in [-0.2, 0) is 0 Å². The van der Waals surface area contributed by atoms with Crippen molar-refractivity contribution >= 4 is 22.1 Å². The summed E-state index contributed by atoms with van der Waals surface area (Å²) in [6.45, 7) is 7.34. The molecule has 18 heavy (non-hydrogen) atoms. The van der Waals surface area contributed by atoms with Gasteiger partial charge in [-0.15, -0.1) is 0 Å². The summed E-state index contributed by atoms with van der Waals surface area (Å²) >= 11 is 0. The van der Waals surface area contributed by atoms with Crippen LogP contribution in [0.3, 0.4) is 0 Å². The average molecular weight is 247 g/mol. The van der Waals surface area contributed by atoms with Crippen molar-refractivity contribution in [2.24, 2.45) is 5.41 Å². The molecule has 0 saturated carbocycles. The highest BCUT2D eigenvalue weighted by Gasteiger charge is 2.33. The van der Waals surface area contributed by atoms with Gasteiger partial charge in [0.15, 0.2) is 0 Å². The molecule has 3 nitrogen and oxygen atoms in total. The van der Waals surface area contributed by atoms with Crippen molar-refractivity contribution in [3.05, 3.63) is 0 Å². The van der Waals surface area contributed by atoms with Crippen LogP contribution in [-0.4, -0.2) is 22.1 Å². The predicted molar refractivity (Wildman–Crippen MR) is 83.3 cm³/mol. The van der Waals surface area contributed by atoms with Crippen LogP contribution in [0.4, 0.5) is 0 Å². The first-order valence-corrected chi connectivity index (χ1v) is 7.68. The van der Waals surface area contributed by atoms with Crippen molar-refractivity contribution in [2.45, 2.75) is 72.0 Å². The highest BCUT2D eigenvalue weighted by Crippen LogP contribution is 2.39. The minimum atomic E-state index is 0.389. The zero-order valence-electron chi connectivity index (χ0n) is 12.4. The normalized spacial score (nSPS) is 16.3. The largest absolute Gasteiger partial charge is 0.379 e. The molecular formula is C12H28B3N3. The van der Waals surface area contributed by atoms with E-state index in [1.54, 1.807) is 0 Å². The second kappa shape index (κ2) is 9.05. The molecule has 6 heteroatoms. The smallest absolute Gasteiger partial charge is 0.284 e. The highest BCUT2D eigenvalue weighted by atomic mass is 15.0. The van der Waals surface area contributed by atoms with E-state index in [9.17, 15) is 0 Å². The summed E-state index contributed by atoms with van der Waals surface area (Å²) < 4.78 is 0. The Kier molecular flexibility index (Phi) is 8.11. The summed E-state index contributed by atoms with van der Waals surface area (Å²) in [6, 6.07) is 0. The van der Waals surface area contributed by atoms with Crippen LogP contribution in [0.2, 0.25) is 6.32 Å². The van der Waals surface area contributed by atoms with Gasteiger partial charge in [-0.1, -0.05) is 52.9 Å². The second-order valence-corrected chi connectivity index (χ2v) is 5.61. The Morgan fingerprint density at radius 1 is 0.944 bits per heavy atom. The van der Waals surface area contributed by atoms with E-state index in [0.717, 1.165) is 0 Å². The molecule has 2 radical (unpaired) electrons. The molecule has 100 valence electrons. The molecule has 0 atom stereocenters. The molecule has 0 aliphatic carbocycles. The van der Waals surface area contributed by atoms with Crippen molar-refractivity contribution in [3.63, 3.8) is 0 Å². The lowest BCUT2D eigenvalue weighted by Crippen LogP contribution is -2.64. The maximum absolute atomic E-state index is 3.38. The predicted octanol–water partition coefficient (Wildman–Crippen LogP) is 2.10. The third kappa shape index (κ3) is 5.37. The maximum atomic E-state index is 3.38. The average Bonchev–Trinajstić information content (AvgIpc) is 2.43. The Labute approximate surface area is 115 Å². The molecule has 0 aromatic carbocycles. The lowest BCUT2D eigenvalue weighted by Gasteiger charge is -2.37. The molecule has 0 bridgehead atoms. The Balaban J connectivity index is 2.54. The first-order chi connectivity index (χ1) is 8.76. The zero-order valence-corrected chi connectivity index (χ0v) is 12.4. The summed E-state index contributed by atoms with van der Waals surface area (Å²) in [7, 11) is 3.86. The van der Waals surface area contributed by atoms with Gasteiger partial charge in [-0.2, -0.15) is 0 Å². The summed E-state index contributed by atoms with van der Waals surface area (Å²) in [5, 5.41) is 9.80. The monoisotopic (exact) mass is 247 g/mol. The molecule has 3 N–H and O–H groups in total. The van der Waals surface area contributed by atoms with E-state index in [-0.39, 0.29) is 0 Å². The van der Waals surface area contributed by atoms with Gasteiger partial charge >= 0.3 is 0 Å². The quantitative estimate of drug-likeness (QED) is 0.546. The van der Waals surface area contributed by atoms with E-state index in [2.05, 4.69) is 36.2 Å². The summed E-state index contributed by atoms with van der Waals surface area (Å²) in [5.74, 6) is 0. The van der Waals surface area contributed by atoms with Crippen LogP contribution < -0.4 is 15.4 Å². The van der Waals surface area contributed by atoms with Gasteiger partial charge in [-0.05, 0) is 24.6 Å². The van der Waals surface area contributed by atoms with E-state index in [1.165, 1.54) is 51.3 Å². The number of nitrogens with one attached hydrogen (secondary N) is 3. The van der Waals surface area contributed by atoms with Gasteiger partial charge in [0.25, 0.3) is 22.1 Å². The van der Waals surface area contributed by atoms with Gasteiger partial charge in [0.05, 0.1) is 0 Å².